The van der Waals surface area contributed by atoms with Crippen LogP contribution in [0.1, 0.15) is 36.0 Å². The van der Waals surface area contributed by atoms with Crippen molar-refractivity contribution in [2.24, 2.45) is 0 Å². The van der Waals surface area contributed by atoms with Gasteiger partial charge in [0.1, 0.15) is 5.52 Å². The zero-order chi connectivity index (χ0) is 15.7. The number of ether oxygens (including phenoxy) is 1. The number of aromatic nitrogens is 2. The summed E-state index contributed by atoms with van der Waals surface area (Å²) in [5.41, 5.74) is -0.0541. The number of fused-ring (bicyclic) bond motifs is 1. The highest BCUT2D eigenvalue weighted by Crippen LogP contribution is 2.32. The molecule has 0 spiro atoms. The summed E-state index contributed by atoms with van der Waals surface area (Å²) in [7, 11) is 1.66. The van der Waals surface area contributed by atoms with Crippen LogP contribution in [0, 0.1) is 5.82 Å². The van der Waals surface area contributed by atoms with Crippen LogP contribution in [0.2, 0.25) is 5.02 Å². The average Bonchev–Trinajstić information content (AvgIpc) is 3.16. The lowest BCUT2D eigenvalue weighted by molar-refractivity contribution is -0.00259. The molecule has 22 heavy (non-hydrogen) atoms. The Hall–Kier alpha value is -1.66. The Balaban J connectivity index is 1.82. The van der Waals surface area contributed by atoms with E-state index < -0.39 is 5.82 Å². The molecule has 0 aliphatic heterocycles. The number of halogens is 2. The maximum Gasteiger partial charge on any atom is 0.255 e. The standard InChI is InChI=1S/C15H17ClFN3O2/c1-22-15(5-2-3-6-15)9-18-14(21)10-8-19-20-7-4-11(16)12(17)13(10)20/h4,7-8H,2-3,5-6,9H2,1H3,(H,18,21). The van der Waals surface area contributed by atoms with Crippen molar-refractivity contribution in [2.75, 3.05) is 13.7 Å². The van der Waals surface area contributed by atoms with E-state index in [1.807, 2.05) is 0 Å². The van der Waals surface area contributed by atoms with Gasteiger partial charge in [-0.2, -0.15) is 5.10 Å². The van der Waals surface area contributed by atoms with Crippen molar-refractivity contribution in [3.8, 4) is 0 Å². The summed E-state index contributed by atoms with van der Waals surface area (Å²) in [6.07, 6.45) is 6.87. The van der Waals surface area contributed by atoms with Gasteiger partial charge in [0.05, 0.1) is 22.4 Å². The fourth-order valence-electron chi connectivity index (χ4n) is 2.99. The number of amides is 1. The molecule has 1 amide bonds. The monoisotopic (exact) mass is 325 g/mol. The molecule has 1 saturated carbocycles. The van der Waals surface area contributed by atoms with Crippen LogP contribution in [0.5, 0.6) is 0 Å². The van der Waals surface area contributed by atoms with Crippen molar-refractivity contribution in [1.29, 1.82) is 0 Å². The third-order valence-electron chi connectivity index (χ3n) is 4.34. The van der Waals surface area contributed by atoms with E-state index in [0.717, 1.165) is 25.7 Å². The minimum atomic E-state index is -0.644. The van der Waals surface area contributed by atoms with Gasteiger partial charge >= 0.3 is 0 Å². The zero-order valence-corrected chi connectivity index (χ0v) is 13.0. The highest BCUT2D eigenvalue weighted by atomic mass is 35.5. The van der Waals surface area contributed by atoms with Crippen LogP contribution in [0.4, 0.5) is 4.39 Å². The number of hydrogen-bond donors (Lipinski definition) is 1. The molecule has 0 radical (unpaired) electrons. The van der Waals surface area contributed by atoms with Gasteiger partial charge in [-0.15, -0.1) is 0 Å². The van der Waals surface area contributed by atoms with Gasteiger partial charge in [-0.25, -0.2) is 8.91 Å². The van der Waals surface area contributed by atoms with Gasteiger partial charge in [0.2, 0.25) is 0 Å². The Bertz CT molecular complexity index is 710. The molecule has 2 aromatic heterocycles. The predicted octanol–water partition coefficient (Wildman–Crippen LogP) is 2.82. The molecule has 1 aliphatic rings. The molecule has 118 valence electrons. The summed E-state index contributed by atoms with van der Waals surface area (Å²) >= 11 is 5.78. The van der Waals surface area contributed by atoms with Gasteiger partial charge in [-0.3, -0.25) is 4.79 Å². The molecule has 7 heteroatoms. The Morgan fingerprint density at radius 3 is 2.95 bits per heavy atom. The van der Waals surface area contributed by atoms with Crippen LogP contribution >= 0.6 is 11.6 Å². The summed E-state index contributed by atoms with van der Waals surface area (Å²) in [4.78, 5) is 12.4. The fourth-order valence-corrected chi connectivity index (χ4v) is 3.14. The Labute approximate surface area is 132 Å². The molecule has 0 saturated heterocycles. The minimum absolute atomic E-state index is 0.0359. The summed E-state index contributed by atoms with van der Waals surface area (Å²) in [5, 5.41) is 6.78. The van der Waals surface area contributed by atoms with Gasteiger partial charge in [-0.1, -0.05) is 24.4 Å². The largest absolute Gasteiger partial charge is 0.376 e. The lowest BCUT2D eigenvalue weighted by atomic mass is 10.0. The van der Waals surface area contributed by atoms with E-state index in [1.165, 1.54) is 23.0 Å². The van der Waals surface area contributed by atoms with E-state index in [2.05, 4.69) is 10.4 Å². The first-order valence-corrected chi connectivity index (χ1v) is 7.59. The number of carbonyl (C=O) groups excluding carboxylic acids is 1. The number of carbonyl (C=O) groups is 1. The topological polar surface area (TPSA) is 55.6 Å². The van der Waals surface area contributed by atoms with Crippen molar-refractivity contribution >= 4 is 23.0 Å². The quantitative estimate of drug-likeness (QED) is 0.940. The van der Waals surface area contributed by atoms with E-state index in [9.17, 15) is 9.18 Å². The summed E-state index contributed by atoms with van der Waals surface area (Å²) in [6, 6.07) is 1.40. The third kappa shape index (κ3) is 2.57. The lowest BCUT2D eigenvalue weighted by Crippen LogP contribution is -2.42. The number of nitrogens with one attached hydrogen (secondary N) is 1. The van der Waals surface area contributed by atoms with Crippen LogP contribution in [-0.2, 0) is 4.74 Å². The molecule has 0 bridgehead atoms. The van der Waals surface area contributed by atoms with Gasteiger partial charge in [0.25, 0.3) is 5.91 Å². The molecule has 1 aliphatic carbocycles. The minimum Gasteiger partial charge on any atom is -0.376 e. The van der Waals surface area contributed by atoms with Gasteiger partial charge < -0.3 is 10.1 Å². The van der Waals surface area contributed by atoms with Crippen molar-refractivity contribution in [1.82, 2.24) is 14.9 Å². The normalized spacial score (nSPS) is 17.0. The van der Waals surface area contributed by atoms with Crippen LogP contribution in [-0.4, -0.2) is 34.8 Å². The molecule has 3 rings (SSSR count). The van der Waals surface area contributed by atoms with Gasteiger partial charge in [0.15, 0.2) is 5.82 Å². The molecule has 1 fully saturated rings. The molecule has 0 unspecified atom stereocenters. The maximum absolute atomic E-state index is 14.1. The molecular weight excluding hydrogens is 309 g/mol. The first-order valence-electron chi connectivity index (χ1n) is 7.21. The molecule has 2 heterocycles. The first kappa shape index (κ1) is 15.2. The Kier molecular flexibility index (Phi) is 4.06. The second-order valence-electron chi connectivity index (χ2n) is 5.61. The number of methoxy groups -OCH3 is 1. The average molecular weight is 326 g/mol. The molecule has 0 aromatic carbocycles. The van der Waals surface area contributed by atoms with Crippen molar-refractivity contribution in [2.45, 2.75) is 31.3 Å². The van der Waals surface area contributed by atoms with Gasteiger partial charge in [-0.05, 0) is 18.9 Å². The van der Waals surface area contributed by atoms with E-state index in [1.54, 1.807) is 7.11 Å². The first-order chi connectivity index (χ1) is 10.6. The summed E-state index contributed by atoms with van der Waals surface area (Å²) in [5.74, 6) is -1.02. The smallest absolute Gasteiger partial charge is 0.255 e. The molecule has 0 atom stereocenters. The van der Waals surface area contributed by atoms with E-state index in [0.29, 0.717) is 6.54 Å². The van der Waals surface area contributed by atoms with E-state index in [-0.39, 0.29) is 27.6 Å². The van der Waals surface area contributed by atoms with Crippen LogP contribution in [0.15, 0.2) is 18.5 Å². The molecule has 5 nitrogen and oxygen atoms in total. The Morgan fingerprint density at radius 1 is 1.55 bits per heavy atom. The van der Waals surface area contributed by atoms with Crippen LogP contribution < -0.4 is 5.32 Å². The van der Waals surface area contributed by atoms with Crippen molar-refractivity contribution in [3.63, 3.8) is 0 Å². The summed E-state index contributed by atoms with van der Waals surface area (Å²) in [6.45, 7) is 0.405. The Morgan fingerprint density at radius 2 is 2.27 bits per heavy atom. The maximum atomic E-state index is 14.1. The summed E-state index contributed by atoms with van der Waals surface area (Å²) < 4.78 is 21.0. The number of pyridine rings is 1. The molecule has 2 aromatic rings. The highest BCUT2D eigenvalue weighted by Gasteiger charge is 2.34. The number of hydrogen-bond acceptors (Lipinski definition) is 3. The second-order valence-corrected chi connectivity index (χ2v) is 6.01. The second kappa shape index (κ2) is 5.85. The molecular formula is C15H17ClFN3O2. The fraction of sp³-hybridized carbons (Fsp3) is 0.467. The SMILES string of the molecule is COC1(CNC(=O)c2cnn3ccc(Cl)c(F)c23)CCCC1. The van der Waals surface area contributed by atoms with E-state index >= 15 is 0 Å². The van der Waals surface area contributed by atoms with Crippen molar-refractivity contribution in [3.05, 3.63) is 34.9 Å². The predicted molar refractivity (Wildman–Crippen MR) is 80.7 cm³/mol. The van der Waals surface area contributed by atoms with Crippen LogP contribution in [0.3, 0.4) is 0 Å². The third-order valence-corrected chi connectivity index (χ3v) is 4.63. The highest BCUT2D eigenvalue weighted by molar-refractivity contribution is 6.31. The number of rotatable bonds is 4. The molecule has 1 N–H and O–H groups in total. The van der Waals surface area contributed by atoms with Crippen LogP contribution in [0.25, 0.3) is 5.52 Å². The van der Waals surface area contributed by atoms with Crippen molar-refractivity contribution < 1.29 is 13.9 Å². The lowest BCUT2D eigenvalue weighted by Gasteiger charge is -2.27. The van der Waals surface area contributed by atoms with Gasteiger partial charge in [0, 0.05) is 19.9 Å². The zero-order valence-electron chi connectivity index (χ0n) is 12.2. The number of nitrogens with zero attached hydrogens (tertiary/aromatic N) is 2. The van der Waals surface area contributed by atoms with E-state index in [4.69, 9.17) is 16.3 Å².